The lowest BCUT2D eigenvalue weighted by molar-refractivity contribution is 0.0939. The lowest BCUT2D eigenvalue weighted by atomic mass is 10.3. The molecule has 1 N–H and O–H groups in total. The molecule has 30 heavy (non-hydrogen) atoms. The number of nitrogens with one attached hydrogen (secondary N) is 1. The van der Waals surface area contributed by atoms with Gasteiger partial charge in [-0.15, -0.1) is 0 Å². The standard InChI is InChI=1S/C22H23N3O5/c1-28-18-8-5-9-19(16-18)29-14-12-23-22(27)20-10-11-21(26)25(24-20)13-15-30-17-6-3-2-4-7-17/h2-11,16H,12-15H2,1H3,(H,23,27). The van der Waals surface area contributed by atoms with E-state index in [9.17, 15) is 9.59 Å². The summed E-state index contributed by atoms with van der Waals surface area (Å²) in [4.78, 5) is 24.3. The van der Waals surface area contributed by atoms with Gasteiger partial charge >= 0.3 is 0 Å². The second kappa shape index (κ2) is 10.7. The van der Waals surface area contributed by atoms with Crippen molar-refractivity contribution in [3.8, 4) is 17.2 Å². The number of rotatable bonds is 10. The van der Waals surface area contributed by atoms with Crippen molar-refractivity contribution in [2.75, 3.05) is 26.9 Å². The maximum atomic E-state index is 12.3. The van der Waals surface area contributed by atoms with E-state index in [0.717, 1.165) is 0 Å². The van der Waals surface area contributed by atoms with Crippen LogP contribution in [0.2, 0.25) is 0 Å². The van der Waals surface area contributed by atoms with Gasteiger partial charge in [0.15, 0.2) is 0 Å². The van der Waals surface area contributed by atoms with Crippen molar-refractivity contribution in [3.63, 3.8) is 0 Å². The molecule has 0 saturated heterocycles. The topological polar surface area (TPSA) is 91.7 Å². The van der Waals surface area contributed by atoms with Crippen molar-refractivity contribution in [1.29, 1.82) is 0 Å². The van der Waals surface area contributed by atoms with Crippen LogP contribution in [-0.4, -0.2) is 42.6 Å². The molecule has 0 aliphatic heterocycles. The molecular weight excluding hydrogens is 386 g/mol. The zero-order chi connectivity index (χ0) is 21.2. The number of aromatic nitrogens is 2. The first-order valence-corrected chi connectivity index (χ1v) is 9.47. The highest BCUT2D eigenvalue weighted by atomic mass is 16.5. The second-order valence-electron chi connectivity index (χ2n) is 6.22. The summed E-state index contributed by atoms with van der Waals surface area (Å²) in [5.41, 5.74) is -0.153. The third kappa shape index (κ3) is 6.10. The number of hydrogen-bond donors (Lipinski definition) is 1. The molecule has 0 fully saturated rings. The molecule has 0 radical (unpaired) electrons. The average molecular weight is 409 g/mol. The molecule has 0 bridgehead atoms. The highest BCUT2D eigenvalue weighted by Gasteiger charge is 2.09. The first-order chi connectivity index (χ1) is 14.7. The van der Waals surface area contributed by atoms with Gasteiger partial charge in [-0.3, -0.25) is 9.59 Å². The van der Waals surface area contributed by atoms with Crippen LogP contribution in [0.15, 0.2) is 71.5 Å². The fourth-order valence-electron chi connectivity index (χ4n) is 2.61. The number of methoxy groups -OCH3 is 1. The molecule has 8 heteroatoms. The van der Waals surface area contributed by atoms with Gasteiger partial charge in [0.2, 0.25) is 0 Å². The van der Waals surface area contributed by atoms with Gasteiger partial charge in [-0.05, 0) is 30.3 Å². The van der Waals surface area contributed by atoms with Gasteiger partial charge in [0.05, 0.1) is 20.2 Å². The normalized spacial score (nSPS) is 10.3. The van der Waals surface area contributed by atoms with Crippen LogP contribution in [0, 0.1) is 0 Å². The second-order valence-corrected chi connectivity index (χ2v) is 6.22. The summed E-state index contributed by atoms with van der Waals surface area (Å²) in [6.07, 6.45) is 0. The van der Waals surface area contributed by atoms with Crippen LogP contribution in [-0.2, 0) is 6.54 Å². The Balaban J connectivity index is 1.48. The molecule has 1 amide bonds. The number of carbonyl (C=O) groups is 1. The number of para-hydroxylation sites is 1. The summed E-state index contributed by atoms with van der Waals surface area (Å²) in [6, 6.07) is 19.2. The Morgan fingerprint density at radius 3 is 2.47 bits per heavy atom. The Morgan fingerprint density at radius 2 is 1.67 bits per heavy atom. The zero-order valence-electron chi connectivity index (χ0n) is 16.6. The van der Waals surface area contributed by atoms with Gasteiger partial charge in [-0.2, -0.15) is 5.10 Å². The van der Waals surface area contributed by atoms with E-state index in [0.29, 0.717) is 17.2 Å². The monoisotopic (exact) mass is 409 g/mol. The number of ether oxygens (including phenoxy) is 3. The number of nitrogens with zero attached hydrogens (tertiary/aromatic N) is 2. The van der Waals surface area contributed by atoms with Crippen LogP contribution >= 0.6 is 0 Å². The van der Waals surface area contributed by atoms with Crippen molar-refractivity contribution >= 4 is 5.91 Å². The minimum Gasteiger partial charge on any atom is -0.497 e. The van der Waals surface area contributed by atoms with E-state index in [2.05, 4.69) is 10.4 Å². The quantitative estimate of drug-likeness (QED) is 0.516. The third-order valence-electron chi connectivity index (χ3n) is 4.11. The number of amides is 1. The molecule has 1 aromatic heterocycles. The van der Waals surface area contributed by atoms with E-state index in [1.807, 2.05) is 42.5 Å². The van der Waals surface area contributed by atoms with Crippen LogP contribution in [0.25, 0.3) is 0 Å². The molecule has 2 aromatic carbocycles. The summed E-state index contributed by atoms with van der Waals surface area (Å²) in [5.74, 6) is 1.66. The van der Waals surface area contributed by atoms with Crippen molar-refractivity contribution in [1.82, 2.24) is 15.1 Å². The summed E-state index contributed by atoms with van der Waals surface area (Å²) in [7, 11) is 1.58. The minimum atomic E-state index is -0.387. The summed E-state index contributed by atoms with van der Waals surface area (Å²) in [5, 5.41) is 6.84. The summed E-state index contributed by atoms with van der Waals surface area (Å²) >= 11 is 0. The average Bonchev–Trinajstić information content (AvgIpc) is 2.78. The van der Waals surface area contributed by atoms with Crippen LogP contribution in [0.4, 0.5) is 0 Å². The van der Waals surface area contributed by atoms with E-state index >= 15 is 0 Å². The first kappa shape index (κ1) is 20.9. The Hall–Kier alpha value is -3.81. The lowest BCUT2D eigenvalue weighted by Gasteiger charge is -2.10. The van der Waals surface area contributed by atoms with E-state index in [1.165, 1.54) is 16.8 Å². The van der Waals surface area contributed by atoms with Crippen LogP contribution in [0.5, 0.6) is 17.2 Å². The number of benzene rings is 2. The number of hydrogen-bond acceptors (Lipinski definition) is 6. The highest BCUT2D eigenvalue weighted by Crippen LogP contribution is 2.18. The van der Waals surface area contributed by atoms with E-state index in [4.69, 9.17) is 14.2 Å². The molecule has 1 heterocycles. The smallest absolute Gasteiger partial charge is 0.271 e. The molecule has 0 aliphatic carbocycles. The summed E-state index contributed by atoms with van der Waals surface area (Å²) < 4.78 is 17.5. The predicted octanol–water partition coefficient (Wildman–Crippen LogP) is 2.14. The van der Waals surface area contributed by atoms with Crippen molar-refractivity contribution in [2.45, 2.75) is 6.54 Å². The molecule has 0 aliphatic rings. The van der Waals surface area contributed by atoms with Gasteiger partial charge in [0.25, 0.3) is 11.5 Å². The maximum absolute atomic E-state index is 12.3. The van der Waals surface area contributed by atoms with Gasteiger partial charge in [0.1, 0.15) is 36.2 Å². The van der Waals surface area contributed by atoms with Gasteiger partial charge in [-0.25, -0.2) is 4.68 Å². The van der Waals surface area contributed by atoms with Crippen LogP contribution < -0.4 is 25.1 Å². The third-order valence-corrected chi connectivity index (χ3v) is 4.11. The van der Waals surface area contributed by atoms with E-state index in [1.54, 1.807) is 19.2 Å². The van der Waals surface area contributed by atoms with Crippen molar-refractivity contribution in [2.24, 2.45) is 0 Å². The predicted molar refractivity (Wildman–Crippen MR) is 111 cm³/mol. The molecule has 0 saturated carbocycles. The van der Waals surface area contributed by atoms with E-state index in [-0.39, 0.29) is 43.5 Å². The molecule has 8 nitrogen and oxygen atoms in total. The van der Waals surface area contributed by atoms with Crippen LogP contribution in [0.1, 0.15) is 10.5 Å². The Bertz CT molecular complexity index is 1020. The minimum absolute atomic E-state index is 0.149. The molecule has 3 aromatic rings. The maximum Gasteiger partial charge on any atom is 0.271 e. The Morgan fingerprint density at radius 1 is 0.933 bits per heavy atom. The van der Waals surface area contributed by atoms with Crippen molar-refractivity contribution < 1.29 is 19.0 Å². The first-order valence-electron chi connectivity index (χ1n) is 9.47. The molecule has 3 rings (SSSR count). The summed E-state index contributed by atoms with van der Waals surface area (Å²) in [6.45, 7) is 1.06. The highest BCUT2D eigenvalue weighted by molar-refractivity contribution is 5.91. The fraction of sp³-hybridized carbons (Fsp3) is 0.227. The van der Waals surface area contributed by atoms with Gasteiger partial charge < -0.3 is 19.5 Å². The molecule has 156 valence electrons. The molecule has 0 spiro atoms. The molecular formula is C22H23N3O5. The molecule has 0 atom stereocenters. The van der Waals surface area contributed by atoms with Gasteiger partial charge in [-0.1, -0.05) is 24.3 Å². The largest absolute Gasteiger partial charge is 0.497 e. The zero-order valence-corrected chi connectivity index (χ0v) is 16.6. The fourth-order valence-corrected chi connectivity index (χ4v) is 2.61. The lowest BCUT2D eigenvalue weighted by Crippen LogP contribution is -2.32. The molecule has 0 unspecified atom stereocenters. The SMILES string of the molecule is COc1cccc(OCCNC(=O)c2ccc(=O)n(CCOc3ccccc3)n2)c1. The van der Waals surface area contributed by atoms with Gasteiger partial charge in [0, 0.05) is 12.1 Å². The Kier molecular flexibility index (Phi) is 7.43. The number of carbonyl (C=O) groups excluding carboxylic acids is 1. The van der Waals surface area contributed by atoms with Crippen molar-refractivity contribution in [3.05, 3.63) is 82.8 Å². The Labute approximate surface area is 174 Å². The van der Waals surface area contributed by atoms with E-state index < -0.39 is 0 Å². The van der Waals surface area contributed by atoms with Crippen LogP contribution in [0.3, 0.4) is 0 Å².